The fraction of sp³-hybridized carbons (Fsp3) is 0.240. The van der Waals surface area contributed by atoms with Gasteiger partial charge in [0.2, 0.25) is 11.8 Å². The first-order valence-corrected chi connectivity index (χ1v) is 25.0. The second kappa shape index (κ2) is 24.2. The van der Waals surface area contributed by atoms with Gasteiger partial charge in [-0.1, -0.05) is 144 Å². The van der Waals surface area contributed by atoms with Gasteiger partial charge in [0, 0.05) is 12.8 Å². The van der Waals surface area contributed by atoms with E-state index in [2.05, 4.69) is 30.6 Å². The quantitative estimate of drug-likeness (QED) is 0.0267. The Hall–Kier alpha value is -6.86. The lowest BCUT2D eigenvalue weighted by Crippen LogP contribution is -2.11. The first-order chi connectivity index (χ1) is 32.6. The molecular formula is C50H50N8O6S4. The van der Waals surface area contributed by atoms with E-state index in [0.29, 0.717) is 88.5 Å². The molecule has 68 heavy (non-hydrogen) atoms. The van der Waals surface area contributed by atoms with Crippen molar-refractivity contribution >= 4 is 125 Å². The number of aryl methyl sites for hydroxylation is 4. The predicted molar refractivity (Wildman–Crippen MR) is 277 cm³/mol. The van der Waals surface area contributed by atoms with Gasteiger partial charge in [-0.3, -0.25) is 28.8 Å². The zero-order valence-electron chi connectivity index (χ0n) is 37.9. The van der Waals surface area contributed by atoms with Gasteiger partial charge in [-0.05, 0) is 87.1 Å². The molecule has 0 saturated carbocycles. The molecule has 6 rings (SSSR count). The van der Waals surface area contributed by atoms with Crippen molar-refractivity contribution in [2.75, 3.05) is 22.1 Å². The Balaban J connectivity index is 0.830. The Labute approximate surface area is 410 Å². The average molecular weight is 987 g/mol. The van der Waals surface area contributed by atoms with Crippen molar-refractivity contribution in [1.29, 1.82) is 0 Å². The Morgan fingerprint density at radius 1 is 0.426 bits per heavy atom. The zero-order chi connectivity index (χ0) is 48.7. The van der Waals surface area contributed by atoms with Gasteiger partial charge in [-0.25, -0.2) is 19.9 Å². The molecule has 0 aliphatic heterocycles. The molecule has 2 amide bonds. The number of hydrogen-bond acceptors (Lipinski definition) is 16. The highest BCUT2D eigenvalue weighted by Crippen LogP contribution is 2.27. The second-order valence-corrected chi connectivity index (χ2v) is 19.7. The van der Waals surface area contributed by atoms with Crippen molar-refractivity contribution in [3.05, 3.63) is 137 Å². The van der Waals surface area contributed by atoms with Crippen LogP contribution in [0.3, 0.4) is 0 Å². The van der Waals surface area contributed by atoms with E-state index in [4.69, 9.17) is 11.5 Å². The van der Waals surface area contributed by atoms with Crippen molar-refractivity contribution in [3.63, 3.8) is 0 Å². The molecule has 6 N–H and O–H groups in total. The molecule has 0 fully saturated rings. The number of hydrogen-bond donors (Lipinski definition) is 4. The number of benzene rings is 2. The van der Waals surface area contributed by atoms with Crippen LogP contribution in [0.15, 0.2) is 72.8 Å². The summed E-state index contributed by atoms with van der Waals surface area (Å²) in [5.74, 6) is -1.07. The average Bonchev–Trinajstić information content (AvgIpc) is 4.07. The molecule has 6 aromatic rings. The number of nitrogens with two attached hydrogens (primary N) is 2. The van der Waals surface area contributed by atoms with Crippen LogP contribution in [0.5, 0.6) is 0 Å². The van der Waals surface area contributed by atoms with Gasteiger partial charge in [0.1, 0.15) is 0 Å². The largest absolute Gasteiger partial charge is 0.375 e. The van der Waals surface area contributed by atoms with E-state index in [0.717, 1.165) is 93.3 Å². The first kappa shape index (κ1) is 50.6. The molecule has 2 aromatic carbocycles. The minimum Gasteiger partial charge on any atom is -0.375 e. The Kier molecular flexibility index (Phi) is 18.0. The molecule has 14 nitrogen and oxygen atoms in total. The number of nitrogens with one attached hydrogen (secondary N) is 2. The monoisotopic (exact) mass is 986 g/mol. The maximum Gasteiger partial charge on any atom is 0.226 e. The summed E-state index contributed by atoms with van der Waals surface area (Å²) in [7, 11) is 0. The van der Waals surface area contributed by atoms with Crippen LogP contribution < -0.4 is 22.1 Å². The predicted octanol–water partition coefficient (Wildman–Crippen LogP) is 11.2. The molecular weight excluding hydrogens is 937 g/mol. The lowest BCUT2D eigenvalue weighted by molar-refractivity contribution is -0.117. The van der Waals surface area contributed by atoms with Gasteiger partial charge in [0.15, 0.2) is 43.7 Å². The lowest BCUT2D eigenvalue weighted by Gasteiger charge is -2.03. The molecule has 0 bridgehead atoms. The third-order valence-corrected chi connectivity index (χ3v) is 14.4. The molecule has 0 saturated heterocycles. The molecule has 350 valence electrons. The summed E-state index contributed by atoms with van der Waals surface area (Å²) < 4.78 is 0. The minimum atomic E-state index is -0.215. The number of rotatable bonds is 23. The third kappa shape index (κ3) is 14.8. The molecule has 4 heterocycles. The van der Waals surface area contributed by atoms with E-state index in [9.17, 15) is 28.8 Å². The van der Waals surface area contributed by atoms with Gasteiger partial charge in [-0.15, -0.1) is 0 Å². The molecule has 0 radical (unpaired) electrons. The fourth-order valence-corrected chi connectivity index (χ4v) is 10.0. The number of carbonyl (C=O) groups is 6. The van der Waals surface area contributed by atoms with Gasteiger partial charge in [-0.2, -0.15) is 0 Å². The van der Waals surface area contributed by atoms with Crippen LogP contribution in [-0.4, -0.2) is 54.9 Å². The Morgan fingerprint density at radius 2 is 0.691 bits per heavy atom. The van der Waals surface area contributed by atoms with Crippen LogP contribution in [0.4, 0.5) is 20.5 Å². The highest BCUT2D eigenvalue weighted by Gasteiger charge is 2.17. The van der Waals surface area contributed by atoms with Crippen molar-refractivity contribution in [2.45, 2.75) is 79.1 Å². The Bertz CT molecular complexity index is 2740. The fourth-order valence-electron chi connectivity index (χ4n) is 6.72. The third-order valence-electron chi connectivity index (χ3n) is 10.2. The number of ketones is 4. The SMILES string of the molecule is Cc1nc(N)sc1C(=O)/C=C\c1ccc(/C=C\C(=O)c2sc(NC(=O)CCCCCCCCC(=O)Nc3nc(C)c(C(=O)/C=C\c4ccc(/C=C/C(=O)c5sc(N)nc5C)cc4)s3)nc2C)cc1. The molecule has 0 unspecified atom stereocenters. The number of allylic oxidation sites excluding steroid dienone is 4. The summed E-state index contributed by atoms with van der Waals surface area (Å²) in [4.78, 5) is 95.2. The first-order valence-electron chi connectivity index (χ1n) is 21.7. The van der Waals surface area contributed by atoms with Gasteiger partial charge in [0.05, 0.1) is 42.3 Å². The van der Waals surface area contributed by atoms with Crippen LogP contribution >= 0.6 is 45.3 Å². The number of thiazole rings is 4. The number of nitrogen functional groups attached to an aromatic ring is 2. The van der Waals surface area contributed by atoms with Crippen molar-refractivity contribution in [3.8, 4) is 0 Å². The summed E-state index contributed by atoms with van der Waals surface area (Å²) in [6.45, 7) is 6.97. The summed E-state index contributed by atoms with van der Waals surface area (Å²) in [5, 5.41) is 7.12. The number of anilines is 4. The van der Waals surface area contributed by atoms with E-state index in [1.165, 1.54) is 24.3 Å². The normalized spacial score (nSPS) is 11.6. The van der Waals surface area contributed by atoms with Crippen LogP contribution in [0.25, 0.3) is 24.3 Å². The van der Waals surface area contributed by atoms with Crippen LogP contribution in [0.2, 0.25) is 0 Å². The van der Waals surface area contributed by atoms with E-state index in [-0.39, 0.29) is 34.9 Å². The van der Waals surface area contributed by atoms with Crippen LogP contribution in [0, 0.1) is 27.7 Å². The molecule has 0 atom stereocenters. The van der Waals surface area contributed by atoms with Gasteiger partial charge < -0.3 is 22.1 Å². The highest BCUT2D eigenvalue weighted by atomic mass is 32.1. The van der Waals surface area contributed by atoms with Crippen LogP contribution in [0.1, 0.15) is 135 Å². The second-order valence-electron chi connectivity index (χ2n) is 15.6. The molecule has 0 aliphatic carbocycles. The summed E-state index contributed by atoms with van der Waals surface area (Å²) >= 11 is 4.61. The topological polar surface area (TPSA) is 230 Å². The minimum absolute atomic E-state index is 0.161. The Morgan fingerprint density at radius 3 is 0.971 bits per heavy atom. The number of aromatic nitrogens is 4. The van der Waals surface area contributed by atoms with E-state index >= 15 is 0 Å². The maximum absolute atomic E-state index is 13.0. The molecule has 4 aromatic heterocycles. The summed E-state index contributed by atoms with van der Waals surface area (Å²) in [6.07, 6.45) is 18.4. The number of amides is 2. The van der Waals surface area contributed by atoms with E-state index in [1.54, 1.807) is 52.0 Å². The molecule has 0 aliphatic rings. The van der Waals surface area contributed by atoms with E-state index in [1.807, 2.05) is 48.5 Å². The number of nitrogens with zero attached hydrogens (tertiary/aromatic N) is 4. The maximum atomic E-state index is 13.0. The lowest BCUT2D eigenvalue weighted by atomic mass is 10.1. The standard InChI is InChI=1S/C50H50N8O6S4/c1-29-43(65-47(51)53-29)37(59)25-21-33-13-17-35(18-14-33)23-27-39(61)45-31(3)55-49(67-45)57-41(63)11-9-7-5-6-8-10-12-42(64)58-50-56-32(4)46(68-50)40(62)28-24-36-19-15-34(16-20-36)22-26-38(60)44-30(2)54-48(52)66-44/h13-28H,5-12H2,1-4H3,(H2,51,53)(H2,52,54)(H,55,57,63)(H,56,58,64)/b25-21-,26-22+,27-23-,28-24-. The summed E-state index contributed by atoms with van der Waals surface area (Å²) in [6, 6.07) is 14.8. The van der Waals surface area contributed by atoms with Gasteiger partial charge in [0.25, 0.3) is 0 Å². The number of carbonyl (C=O) groups excluding carboxylic acids is 6. The smallest absolute Gasteiger partial charge is 0.226 e. The van der Waals surface area contributed by atoms with Crippen molar-refractivity contribution < 1.29 is 28.8 Å². The van der Waals surface area contributed by atoms with Crippen LogP contribution in [-0.2, 0) is 9.59 Å². The van der Waals surface area contributed by atoms with Crippen molar-refractivity contribution in [1.82, 2.24) is 19.9 Å². The van der Waals surface area contributed by atoms with Gasteiger partial charge >= 0.3 is 0 Å². The van der Waals surface area contributed by atoms with Crippen molar-refractivity contribution in [2.24, 2.45) is 0 Å². The zero-order valence-corrected chi connectivity index (χ0v) is 41.2. The van der Waals surface area contributed by atoms with E-state index < -0.39 is 0 Å². The number of unbranched alkanes of at least 4 members (excludes halogenated alkanes) is 5. The summed E-state index contributed by atoms with van der Waals surface area (Å²) in [5.41, 5.74) is 17.0. The molecule has 0 spiro atoms. The highest BCUT2D eigenvalue weighted by molar-refractivity contribution is 7.18. The molecule has 18 heteroatoms.